The van der Waals surface area contributed by atoms with Crippen LogP contribution in [0, 0.1) is 0 Å². The molecule has 0 spiro atoms. The van der Waals surface area contributed by atoms with Crippen LogP contribution in [0.2, 0.25) is 0 Å². The van der Waals surface area contributed by atoms with Gasteiger partial charge in [0, 0.05) is 26.2 Å². The second kappa shape index (κ2) is 4.59. The summed E-state index contributed by atoms with van der Waals surface area (Å²) in [7, 11) is -3.57. The summed E-state index contributed by atoms with van der Waals surface area (Å²) in [6.07, 6.45) is 0. The zero-order valence-electron chi connectivity index (χ0n) is 10.3. The number of nitrogens with zero attached hydrogens (tertiary/aromatic N) is 1. The lowest BCUT2D eigenvalue weighted by Crippen LogP contribution is -2.49. The van der Waals surface area contributed by atoms with Gasteiger partial charge in [-0.15, -0.1) is 0 Å². The largest absolute Gasteiger partial charge is 0.354 e. The molecule has 0 radical (unpaired) electrons. The van der Waals surface area contributed by atoms with E-state index in [-0.39, 0.29) is 17.3 Å². The van der Waals surface area contributed by atoms with Crippen LogP contribution in [0.25, 0.3) is 0 Å². The van der Waals surface area contributed by atoms with E-state index < -0.39 is 10.0 Å². The lowest BCUT2D eigenvalue weighted by atomic mass is 10.1. The minimum atomic E-state index is -3.57. The summed E-state index contributed by atoms with van der Waals surface area (Å²) in [5.74, 6) is -0.252. The molecule has 102 valence electrons. The Bertz CT molecular complexity index is 627. The minimum Gasteiger partial charge on any atom is -0.354 e. The number of carbonyl (C=O) groups is 1. The van der Waals surface area contributed by atoms with Crippen molar-refractivity contribution in [2.75, 3.05) is 19.6 Å². The summed E-state index contributed by atoms with van der Waals surface area (Å²) in [6.45, 7) is 2.06. The first-order valence-corrected chi connectivity index (χ1v) is 7.61. The molecule has 1 amide bonds. The molecule has 3 rings (SSSR count). The summed E-state index contributed by atoms with van der Waals surface area (Å²) in [5, 5.41) is 5.80. The number of amides is 1. The normalized spacial score (nSPS) is 20.1. The van der Waals surface area contributed by atoms with Crippen LogP contribution < -0.4 is 10.6 Å². The highest BCUT2D eigenvalue weighted by Gasteiger charge is 2.29. The Hall–Kier alpha value is -1.44. The number of carbonyl (C=O) groups excluding carboxylic acids is 1. The standard InChI is InChI=1S/C12H15N3O3S/c16-12-8-15(4-3-14-12)19(17,18)11-2-1-9-6-13-7-10(9)5-11/h1-2,5,13H,3-4,6-8H2,(H,14,16). The van der Waals surface area contributed by atoms with Gasteiger partial charge in [-0.05, 0) is 23.3 Å². The predicted molar refractivity (Wildman–Crippen MR) is 68.8 cm³/mol. The van der Waals surface area contributed by atoms with E-state index in [0.29, 0.717) is 19.6 Å². The van der Waals surface area contributed by atoms with Gasteiger partial charge in [0.1, 0.15) is 0 Å². The van der Waals surface area contributed by atoms with E-state index in [4.69, 9.17) is 0 Å². The van der Waals surface area contributed by atoms with Gasteiger partial charge < -0.3 is 10.6 Å². The van der Waals surface area contributed by atoms with Gasteiger partial charge in [0.2, 0.25) is 15.9 Å². The molecule has 2 aliphatic heterocycles. The quantitative estimate of drug-likeness (QED) is 0.759. The van der Waals surface area contributed by atoms with Crippen molar-refractivity contribution in [2.45, 2.75) is 18.0 Å². The summed E-state index contributed by atoms with van der Waals surface area (Å²) in [6, 6.07) is 5.16. The average Bonchev–Trinajstić information content (AvgIpc) is 2.85. The third-order valence-electron chi connectivity index (χ3n) is 3.45. The number of benzene rings is 1. The maximum Gasteiger partial charge on any atom is 0.243 e. The van der Waals surface area contributed by atoms with Crippen LogP contribution >= 0.6 is 0 Å². The van der Waals surface area contributed by atoms with Crippen LogP contribution in [0.3, 0.4) is 0 Å². The molecule has 1 fully saturated rings. The Morgan fingerprint density at radius 3 is 2.74 bits per heavy atom. The number of hydrogen-bond acceptors (Lipinski definition) is 4. The van der Waals surface area contributed by atoms with Crippen LogP contribution in [-0.2, 0) is 27.9 Å². The molecule has 1 saturated heterocycles. The van der Waals surface area contributed by atoms with Crippen molar-refractivity contribution >= 4 is 15.9 Å². The Labute approximate surface area is 111 Å². The molecule has 2 N–H and O–H groups in total. The van der Waals surface area contributed by atoms with Crippen molar-refractivity contribution in [3.63, 3.8) is 0 Å². The van der Waals surface area contributed by atoms with E-state index in [0.717, 1.165) is 17.7 Å². The molecule has 0 saturated carbocycles. The van der Waals surface area contributed by atoms with Crippen molar-refractivity contribution in [1.29, 1.82) is 0 Å². The second-order valence-electron chi connectivity index (χ2n) is 4.72. The van der Waals surface area contributed by atoms with Crippen molar-refractivity contribution in [3.8, 4) is 0 Å². The Kier molecular flexibility index (Phi) is 3.04. The summed E-state index contributed by atoms with van der Waals surface area (Å²) < 4.78 is 26.1. The Balaban J connectivity index is 1.93. The monoisotopic (exact) mass is 281 g/mol. The van der Waals surface area contributed by atoms with Crippen LogP contribution in [0.1, 0.15) is 11.1 Å². The third kappa shape index (κ3) is 2.24. The fourth-order valence-electron chi connectivity index (χ4n) is 2.40. The highest BCUT2D eigenvalue weighted by atomic mass is 32.2. The molecule has 2 heterocycles. The molecular formula is C12H15N3O3S. The molecule has 19 heavy (non-hydrogen) atoms. The van der Waals surface area contributed by atoms with E-state index in [9.17, 15) is 13.2 Å². The number of sulfonamides is 1. The van der Waals surface area contributed by atoms with Gasteiger partial charge in [-0.1, -0.05) is 6.07 Å². The molecule has 2 aliphatic rings. The van der Waals surface area contributed by atoms with Crippen molar-refractivity contribution < 1.29 is 13.2 Å². The molecule has 0 unspecified atom stereocenters. The molecule has 0 atom stereocenters. The van der Waals surface area contributed by atoms with Gasteiger partial charge in [0.15, 0.2) is 0 Å². The highest BCUT2D eigenvalue weighted by Crippen LogP contribution is 2.22. The maximum absolute atomic E-state index is 12.5. The molecule has 1 aromatic rings. The van der Waals surface area contributed by atoms with Crippen LogP contribution in [-0.4, -0.2) is 38.3 Å². The third-order valence-corrected chi connectivity index (χ3v) is 5.29. The van der Waals surface area contributed by atoms with E-state index in [1.54, 1.807) is 12.1 Å². The molecule has 0 aromatic heterocycles. The van der Waals surface area contributed by atoms with E-state index in [2.05, 4.69) is 10.6 Å². The fourth-order valence-corrected chi connectivity index (χ4v) is 3.85. The van der Waals surface area contributed by atoms with Crippen LogP contribution in [0.5, 0.6) is 0 Å². The van der Waals surface area contributed by atoms with Gasteiger partial charge >= 0.3 is 0 Å². The fraction of sp³-hybridized carbons (Fsp3) is 0.417. The molecule has 0 bridgehead atoms. The zero-order valence-corrected chi connectivity index (χ0v) is 11.2. The predicted octanol–water partition coefficient (Wildman–Crippen LogP) is -0.590. The van der Waals surface area contributed by atoms with E-state index >= 15 is 0 Å². The zero-order chi connectivity index (χ0) is 13.5. The van der Waals surface area contributed by atoms with Gasteiger partial charge in [-0.2, -0.15) is 4.31 Å². The first-order valence-electron chi connectivity index (χ1n) is 6.17. The van der Waals surface area contributed by atoms with Crippen molar-refractivity contribution in [1.82, 2.24) is 14.9 Å². The van der Waals surface area contributed by atoms with Crippen molar-refractivity contribution in [2.24, 2.45) is 0 Å². The summed E-state index contributed by atoms with van der Waals surface area (Å²) >= 11 is 0. The Morgan fingerprint density at radius 1 is 1.16 bits per heavy atom. The molecule has 1 aromatic carbocycles. The van der Waals surface area contributed by atoms with Gasteiger partial charge in [0.25, 0.3) is 0 Å². The first kappa shape index (κ1) is 12.6. The maximum atomic E-state index is 12.5. The summed E-state index contributed by atoms with van der Waals surface area (Å²) in [4.78, 5) is 11.6. The van der Waals surface area contributed by atoms with E-state index in [1.807, 2.05) is 6.07 Å². The van der Waals surface area contributed by atoms with Crippen LogP contribution in [0.4, 0.5) is 0 Å². The highest BCUT2D eigenvalue weighted by molar-refractivity contribution is 7.89. The van der Waals surface area contributed by atoms with Crippen molar-refractivity contribution in [3.05, 3.63) is 29.3 Å². The average molecular weight is 281 g/mol. The molecule has 7 heteroatoms. The molecule has 6 nitrogen and oxygen atoms in total. The van der Waals surface area contributed by atoms with Crippen LogP contribution in [0.15, 0.2) is 23.1 Å². The van der Waals surface area contributed by atoms with Gasteiger partial charge in [-0.3, -0.25) is 4.79 Å². The number of fused-ring (bicyclic) bond motifs is 1. The first-order chi connectivity index (χ1) is 9.07. The number of hydrogen-bond donors (Lipinski definition) is 2. The smallest absolute Gasteiger partial charge is 0.243 e. The lowest BCUT2D eigenvalue weighted by Gasteiger charge is -2.26. The molecular weight excluding hydrogens is 266 g/mol. The summed E-state index contributed by atoms with van der Waals surface area (Å²) in [5.41, 5.74) is 2.15. The Morgan fingerprint density at radius 2 is 1.95 bits per heavy atom. The second-order valence-corrected chi connectivity index (χ2v) is 6.66. The SMILES string of the molecule is O=C1CN(S(=O)(=O)c2ccc3c(c2)CNC3)CCN1. The van der Waals surface area contributed by atoms with E-state index in [1.165, 1.54) is 4.31 Å². The number of nitrogens with one attached hydrogen (secondary N) is 2. The lowest BCUT2D eigenvalue weighted by molar-refractivity contribution is -0.122. The van der Waals surface area contributed by atoms with Gasteiger partial charge in [-0.25, -0.2) is 8.42 Å². The van der Waals surface area contributed by atoms with Gasteiger partial charge in [0.05, 0.1) is 11.4 Å². The molecule has 0 aliphatic carbocycles. The topological polar surface area (TPSA) is 78.5 Å². The number of rotatable bonds is 2. The minimum absolute atomic E-state index is 0.0995. The number of piperazine rings is 1.